The third-order valence-electron chi connectivity index (χ3n) is 4.71. The molecule has 152 valence electrons. The molecule has 1 unspecified atom stereocenters. The van der Waals surface area contributed by atoms with Crippen molar-refractivity contribution in [3.8, 4) is 11.8 Å². The van der Waals surface area contributed by atoms with Gasteiger partial charge >= 0.3 is 0 Å². The summed E-state index contributed by atoms with van der Waals surface area (Å²) in [5.74, 6) is 4.07. The minimum absolute atomic E-state index is 0.00902. The van der Waals surface area contributed by atoms with Crippen LogP contribution in [0.15, 0.2) is 18.2 Å². The molecule has 0 saturated carbocycles. The van der Waals surface area contributed by atoms with Crippen LogP contribution in [0, 0.1) is 17.8 Å². The second-order valence-electron chi connectivity index (χ2n) is 7.56. The third-order valence-corrected chi connectivity index (χ3v) is 4.95. The Kier molecular flexibility index (Phi) is 7.62. The molecule has 1 heterocycles. The van der Waals surface area contributed by atoms with Gasteiger partial charge in [0, 0.05) is 24.0 Å². The van der Waals surface area contributed by atoms with Crippen LogP contribution in [-0.2, 0) is 22.7 Å². The van der Waals surface area contributed by atoms with Gasteiger partial charge in [-0.05, 0) is 49.6 Å². The number of amides is 2. The number of nitrogens with two attached hydrogens (primary N) is 1. The van der Waals surface area contributed by atoms with Crippen molar-refractivity contribution in [2.45, 2.75) is 58.3 Å². The molecule has 0 bridgehead atoms. The van der Waals surface area contributed by atoms with Crippen LogP contribution in [0.5, 0.6) is 0 Å². The van der Waals surface area contributed by atoms with Crippen LogP contribution in [0.4, 0.5) is 0 Å². The van der Waals surface area contributed by atoms with Gasteiger partial charge in [0.05, 0.1) is 6.04 Å². The predicted octanol–water partition coefficient (Wildman–Crippen LogP) is 1.82. The van der Waals surface area contributed by atoms with E-state index in [1.807, 2.05) is 30.9 Å². The summed E-state index contributed by atoms with van der Waals surface area (Å²) < 4.78 is 0. The van der Waals surface area contributed by atoms with Crippen LogP contribution in [-0.4, -0.2) is 40.0 Å². The van der Waals surface area contributed by atoms with Crippen LogP contribution >= 0.6 is 11.6 Å². The van der Waals surface area contributed by atoms with Gasteiger partial charge in [0.15, 0.2) is 0 Å². The highest BCUT2D eigenvalue weighted by molar-refractivity contribution is 6.30. The topological polar surface area (TPSA) is 95.7 Å². The maximum Gasteiger partial charge on any atom is 0.270 e. The lowest BCUT2D eigenvalue weighted by Crippen LogP contribution is -2.51. The van der Waals surface area contributed by atoms with Gasteiger partial charge in [-0.2, -0.15) is 0 Å². The van der Waals surface area contributed by atoms with Crippen molar-refractivity contribution in [3.63, 3.8) is 0 Å². The largest absolute Gasteiger partial charge is 0.370 e. The number of nitrogens with zero attached hydrogens (tertiary/aromatic N) is 1. The van der Waals surface area contributed by atoms with E-state index in [9.17, 15) is 14.7 Å². The normalized spacial score (nSPS) is 19.0. The fourth-order valence-corrected chi connectivity index (χ4v) is 3.33. The van der Waals surface area contributed by atoms with E-state index in [4.69, 9.17) is 17.3 Å². The second kappa shape index (κ2) is 9.53. The minimum atomic E-state index is -1.91. The average molecular weight is 406 g/mol. The van der Waals surface area contributed by atoms with E-state index >= 15 is 0 Å². The van der Waals surface area contributed by atoms with Crippen molar-refractivity contribution < 1.29 is 14.7 Å². The number of likely N-dealkylation sites (tertiary alicyclic amines) is 1. The van der Waals surface area contributed by atoms with E-state index in [0.717, 1.165) is 24.1 Å². The summed E-state index contributed by atoms with van der Waals surface area (Å²) in [6.45, 7) is 6.63. The van der Waals surface area contributed by atoms with Crippen molar-refractivity contribution >= 4 is 23.4 Å². The first-order chi connectivity index (χ1) is 13.1. The molecule has 1 fully saturated rings. The second-order valence-corrected chi connectivity index (χ2v) is 8.00. The monoisotopic (exact) mass is 405 g/mol. The quantitative estimate of drug-likeness (QED) is 0.649. The van der Waals surface area contributed by atoms with Crippen molar-refractivity contribution in [1.29, 1.82) is 0 Å². The fourth-order valence-electron chi connectivity index (χ4n) is 3.13. The minimum Gasteiger partial charge on any atom is -0.370 e. The molecule has 2 rings (SSSR count). The molecule has 0 radical (unpaired) electrons. The lowest BCUT2D eigenvalue weighted by atomic mass is 10.0. The van der Waals surface area contributed by atoms with E-state index in [2.05, 4.69) is 17.2 Å². The summed E-state index contributed by atoms with van der Waals surface area (Å²) in [4.78, 5) is 27.0. The fraction of sp³-hybridized carbons (Fsp3) is 0.524. The SMILES string of the molecule is CC(C)C#CC(C)(O)C(=O)NC(=O)[C@@H]1CCCN1Cc1cc(Cl)ccc1CN. The zero-order valence-corrected chi connectivity index (χ0v) is 17.3. The molecule has 1 aromatic rings. The number of carbonyl (C=O) groups is 2. The molecular formula is C21H28ClN3O3. The molecule has 28 heavy (non-hydrogen) atoms. The van der Waals surface area contributed by atoms with Gasteiger partial charge < -0.3 is 10.8 Å². The van der Waals surface area contributed by atoms with E-state index in [0.29, 0.717) is 24.5 Å². The lowest BCUT2D eigenvalue weighted by molar-refractivity contribution is -0.140. The highest BCUT2D eigenvalue weighted by Crippen LogP contribution is 2.24. The number of benzene rings is 1. The number of aliphatic hydroxyl groups is 1. The summed E-state index contributed by atoms with van der Waals surface area (Å²) in [7, 11) is 0. The first-order valence-corrected chi connectivity index (χ1v) is 9.83. The summed E-state index contributed by atoms with van der Waals surface area (Å²) in [6.07, 6.45) is 1.48. The Morgan fingerprint density at radius 3 is 2.79 bits per heavy atom. The van der Waals surface area contributed by atoms with E-state index < -0.39 is 23.5 Å². The molecule has 1 saturated heterocycles. The predicted molar refractivity (Wildman–Crippen MR) is 109 cm³/mol. The van der Waals surface area contributed by atoms with Gasteiger partial charge in [0.1, 0.15) is 0 Å². The van der Waals surface area contributed by atoms with Gasteiger partial charge in [0.25, 0.3) is 5.91 Å². The van der Waals surface area contributed by atoms with Crippen LogP contribution in [0.1, 0.15) is 44.7 Å². The van der Waals surface area contributed by atoms with Crippen LogP contribution < -0.4 is 11.1 Å². The van der Waals surface area contributed by atoms with Gasteiger partial charge in [-0.3, -0.25) is 19.8 Å². The van der Waals surface area contributed by atoms with E-state index in [-0.39, 0.29) is 5.92 Å². The number of imide groups is 1. The maximum atomic E-state index is 12.7. The van der Waals surface area contributed by atoms with Crippen molar-refractivity contribution in [1.82, 2.24) is 10.2 Å². The Morgan fingerprint density at radius 1 is 1.43 bits per heavy atom. The number of halogens is 1. The lowest BCUT2D eigenvalue weighted by Gasteiger charge is -2.25. The third kappa shape index (κ3) is 5.79. The molecule has 2 amide bonds. The molecule has 0 spiro atoms. The number of rotatable bonds is 5. The summed E-state index contributed by atoms with van der Waals surface area (Å²) in [5.41, 5.74) is 5.83. The number of carbonyl (C=O) groups excluding carboxylic acids is 2. The Balaban J connectivity index is 2.08. The van der Waals surface area contributed by atoms with E-state index in [1.165, 1.54) is 6.92 Å². The number of hydrogen-bond donors (Lipinski definition) is 3. The molecule has 4 N–H and O–H groups in total. The Hall–Kier alpha value is -1.91. The molecule has 0 aromatic heterocycles. The molecule has 1 aliphatic heterocycles. The zero-order valence-electron chi connectivity index (χ0n) is 16.6. The van der Waals surface area contributed by atoms with Crippen molar-refractivity contribution in [2.75, 3.05) is 6.54 Å². The van der Waals surface area contributed by atoms with Gasteiger partial charge in [-0.15, -0.1) is 0 Å². The molecule has 7 heteroatoms. The van der Waals surface area contributed by atoms with Crippen LogP contribution in [0.2, 0.25) is 5.02 Å². The van der Waals surface area contributed by atoms with E-state index in [1.54, 1.807) is 6.07 Å². The van der Waals surface area contributed by atoms with Gasteiger partial charge in [0.2, 0.25) is 11.5 Å². The highest BCUT2D eigenvalue weighted by atomic mass is 35.5. The molecule has 2 atom stereocenters. The van der Waals surface area contributed by atoms with Crippen LogP contribution in [0.3, 0.4) is 0 Å². The Morgan fingerprint density at radius 2 is 2.14 bits per heavy atom. The smallest absolute Gasteiger partial charge is 0.270 e. The van der Waals surface area contributed by atoms with Crippen LogP contribution in [0.25, 0.3) is 0 Å². The van der Waals surface area contributed by atoms with Gasteiger partial charge in [-0.1, -0.05) is 43.4 Å². The number of hydrogen-bond acceptors (Lipinski definition) is 5. The Labute approximate surface area is 171 Å². The molecule has 6 nitrogen and oxygen atoms in total. The number of nitrogens with one attached hydrogen (secondary N) is 1. The molecular weight excluding hydrogens is 378 g/mol. The molecule has 1 aromatic carbocycles. The summed E-state index contributed by atoms with van der Waals surface area (Å²) in [6, 6.07) is 5.08. The standard InChI is InChI=1S/C21H28ClN3O3/c1-14(2)8-9-21(3,28)20(27)24-19(26)18-5-4-10-25(18)13-16-11-17(22)7-6-15(16)12-23/h6-7,11,14,18,28H,4-5,10,12-13,23H2,1-3H3,(H,24,26,27)/t18-,21?/m0/s1. The first-order valence-electron chi connectivity index (χ1n) is 9.46. The van der Waals surface area contributed by atoms with Gasteiger partial charge in [-0.25, -0.2) is 0 Å². The molecule has 0 aliphatic carbocycles. The Bertz CT molecular complexity index is 796. The van der Waals surface area contributed by atoms with Crippen molar-refractivity contribution in [2.24, 2.45) is 11.7 Å². The van der Waals surface area contributed by atoms with Crippen molar-refractivity contribution in [3.05, 3.63) is 34.3 Å². The molecule has 1 aliphatic rings. The maximum absolute atomic E-state index is 12.7. The highest BCUT2D eigenvalue weighted by Gasteiger charge is 2.35. The zero-order chi connectivity index (χ0) is 20.9. The average Bonchev–Trinajstić information content (AvgIpc) is 3.08. The summed E-state index contributed by atoms with van der Waals surface area (Å²) in [5, 5.41) is 13.2. The summed E-state index contributed by atoms with van der Waals surface area (Å²) >= 11 is 6.11. The first kappa shape index (κ1) is 22.4.